The van der Waals surface area contributed by atoms with E-state index in [2.05, 4.69) is 10.6 Å². The minimum Gasteiger partial charge on any atom is -0.446 e. The van der Waals surface area contributed by atoms with Gasteiger partial charge in [-0.1, -0.05) is 35.9 Å². The second kappa shape index (κ2) is 14.6. The number of carbonyl (C=O) groups excluding carboxylic acids is 2. The lowest BCUT2D eigenvalue weighted by Crippen LogP contribution is -2.42. The van der Waals surface area contributed by atoms with Gasteiger partial charge in [0.25, 0.3) is 15.9 Å². The summed E-state index contributed by atoms with van der Waals surface area (Å²) in [6.45, 7) is 0.366. The molecule has 14 heteroatoms. The fraction of sp³-hybridized carbons (Fsp3) is 0.226. The van der Waals surface area contributed by atoms with E-state index in [1.165, 1.54) is 22.5 Å². The number of anilines is 1. The molecule has 5 rings (SSSR count). The maximum atomic E-state index is 13.0. The molecular weight excluding hydrogens is 633 g/mol. The maximum absolute atomic E-state index is 13.0. The molecule has 2 heterocycles. The average molecular weight is 663 g/mol. The standard InChI is InChI=1S/C24H23ClF3N3O4S.C7H7NO/c25-18-6-4-16(5-7-18)23(32)29-15-21-8-9-22(35-21)36(33,34)31-12-10-19(11-13-31)30-20-3-1-2-17(14-20)24(26,27)28;8-7(9)6-4-2-1-3-5-6/h1-9,14,19,30H,10-13,15H2,(H,29,32);1-5H,(H2,8,9). The van der Waals surface area contributed by atoms with Crippen molar-refractivity contribution in [2.24, 2.45) is 5.73 Å². The van der Waals surface area contributed by atoms with E-state index in [1.54, 1.807) is 54.6 Å². The Kier molecular flexibility index (Phi) is 10.9. The van der Waals surface area contributed by atoms with Crippen molar-refractivity contribution in [3.63, 3.8) is 0 Å². The van der Waals surface area contributed by atoms with E-state index in [1.807, 2.05) is 6.07 Å². The number of amides is 2. The van der Waals surface area contributed by atoms with Crippen molar-refractivity contribution in [2.45, 2.75) is 36.7 Å². The van der Waals surface area contributed by atoms with Gasteiger partial charge >= 0.3 is 6.18 Å². The summed E-state index contributed by atoms with van der Waals surface area (Å²) in [7, 11) is -3.90. The van der Waals surface area contributed by atoms with Crippen LogP contribution in [-0.2, 0) is 22.7 Å². The van der Waals surface area contributed by atoms with E-state index < -0.39 is 21.8 Å². The van der Waals surface area contributed by atoms with Gasteiger partial charge in [0.15, 0.2) is 0 Å². The lowest BCUT2D eigenvalue weighted by atomic mass is 10.1. The van der Waals surface area contributed by atoms with Crippen LogP contribution in [0.1, 0.15) is 44.9 Å². The van der Waals surface area contributed by atoms with Gasteiger partial charge in [-0.05, 0) is 79.6 Å². The summed E-state index contributed by atoms with van der Waals surface area (Å²) in [5, 5.41) is 5.99. The first-order valence-corrected chi connectivity index (χ1v) is 15.6. The molecule has 0 aliphatic carbocycles. The lowest BCUT2D eigenvalue weighted by molar-refractivity contribution is -0.137. The van der Waals surface area contributed by atoms with Crippen LogP contribution in [0.4, 0.5) is 18.9 Å². The molecule has 0 bridgehead atoms. The van der Waals surface area contributed by atoms with Crippen LogP contribution < -0.4 is 16.4 Å². The van der Waals surface area contributed by atoms with Gasteiger partial charge in [0.2, 0.25) is 11.0 Å². The molecule has 0 spiro atoms. The molecular formula is C31H30ClF3N4O5S. The predicted octanol–water partition coefficient (Wildman–Crippen LogP) is 5.93. The number of piperidine rings is 1. The Hall–Kier alpha value is -4.33. The number of carbonyl (C=O) groups is 2. The Morgan fingerprint density at radius 1 is 0.911 bits per heavy atom. The van der Waals surface area contributed by atoms with Gasteiger partial charge in [0.1, 0.15) is 5.76 Å². The number of nitrogens with two attached hydrogens (primary N) is 1. The Balaban J connectivity index is 0.000000440. The lowest BCUT2D eigenvalue weighted by Gasteiger charge is -2.31. The number of alkyl halides is 3. The molecule has 0 unspecified atom stereocenters. The smallest absolute Gasteiger partial charge is 0.416 e. The molecule has 4 aromatic rings. The van der Waals surface area contributed by atoms with E-state index in [0.29, 0.717) is 34.7 Å². The molecule has 1 aliphatic rings. The summed E-state index contributed by atoms with van der Waals surface area (Å²) in [6, 6.07) is 22.7. The third-order valence-corrected chi connectivity index (χ3v) is 8.86. The number of furan rings is 1. The Morgan fingerprint density at radius 2 is 1.58 bits per heavy atom. The van der Waals surface area contributed by atoms with Gasteiger partial charge in [0, 0.05) is 41.0 Å². The van der Waals surface area contributed by atoms with E-state index in [4.69, 9.17) is 21.8 Å². The van der Waals surface area contributed by atoms with Crippen LogP contribution in [-0.4, -0.2) is 43.7 Å². The summed E-state index contributed by atoms with van der Waals surface area (Å²) in [4.78, 5) is 22.6. The van der Waals surface area contributed by atoms with Gasteiger partial charge < -0.3 is 20.8 Å². The molecule has 0 atom stereocenters. The van der Waals surface area contributed by atoms with E-state index >= 15 is 0 Å². The van der Waals surface area contributed by atoms with Crippen molar-refractivity contribution in [3.05, 3.63) is 118 Å². The fourth-order valence-corrected chi connectivity index (χ4v) is 5.98. The van der Waals surface area contributed by atoms with Gasteiger partial charge in [-0.2, -0.15) is 17.5 Å². The van der Waals surface area contributed by atoms with E-state index in [-0.39, 0.29) is 48.3 Å². The summed E-state index contributed by atoms with van der Waals surface area (Å²) < 4.78 is 71.6. The van der Waals surface area contributed by atoms with Gasteiger partial charge in [-0.25, -0.2) is 8.42 Å². The zero-order chi connectivity index (χ0) is 32.6. The van der Waals surface area contributed by atoms with Crippen LogP contribution in [0.25, 0.3) is 0 Å². The number of primary amides is 1. The topological polar surface area (TPSA) is 135 Å². The highest BCUT2D eigenvalue weighted by Gasteiger charge is 2.33. The quantitative estimate of drug-likeness (QED) is 0.214. The van der Waals surface area contributed by atoms with E-state index in [0.717, 1.165) is 12.1 Å². The first-order valence-electron chi connectivity index (χ1n) is 13.7. The number of nitrogens with zero attached hydrogens (tertiary/aromatic N) is 1. The van der Waals surface area contributed by atoms with Crippen LogP contribution in [0.5, 0.6) is 0 Å². The van der Waals surface area contributed by atoms with Gasteiger partial charge in [-0.15, -0.1) is 0 Å². The normalized spacial score (nSPS) is 14.2. The van der Waals surface area contributed by atoms with Crippen LogP contribution >= 0.6 is 11.6 Å². The van der Waals surface area contributed by atoms with Crippen molar-refractivity contribution in [3.8, 4) is 0 Å². The zero-order valence-corrected chi connectivity index (χ0v) is 25.3. The predicted molar refractivity (Wildman–Crippen MR) is 163 cm³/mol. The maximum Gasteiger partial charge on any atom is 0.416 e. The number of halogens is 4. The Labute approximate surface area is 263 Å². The van der Waals surface area contributed by atoms with Gasteiger partial charge in [0.05, 0.1) is 12.1 Å². The van der Waals surface area contributed by atoms with Crippen molar-refractivity contribution < 1.29 is 35.6 Å². The zero-order valence-electron chi connectivity index (χ0n) is 23.8. The highest BCUT2D eigenvalue weighted by atomic mass is 35.5. The molecule has 1 fully saturated rings. The Bertz CT molecular complexity index is 1710. The molecule has 1 aliphatic heterocycles. The highest BCUT2D eigenvalue weighted by Crippen LogP contribution is 2.31. The highest BCUT2D eigenvalue weighted by molar-refractivity contribution is 7.89. The Morgan fingerprint density at radius 3 is 2.18 bits per heavy atom. The van der Waals surface area contributed by atoms with Crippen molar-refractivity contribution >= 4 is 39.1 Å². The average Bonchev–Trinajstić information content (AvgIpc) is 3.51. The molecule has 1 saturated heterocycles. The SMILES string of the molecule is NC(=O)c1ccccc1.O=C(NCc1ccc(S(=O)(=O)N2CCC(Nc3cccc(C(F)(F)F)c3)CC2)o1)c1ccc(Cl)cc1. The van der Waals surface area contributed by atoms with E-state index in [9.17, 15) is 31.2 Å². The van der Waals surface area contributed by atoms with Crippen molar-refractivity contribution in [2.75, 3.05) is 18.4 Å². The molecule has 9 nitrogen and oxygen atoms in total. The van der Waals surface area contributed by atoms with Crippen molar-refractivity contribution in [1.29, 1.82) is 0 Å². The molecule has 2 amide bonds. The second-order valence-corrected chi connectivity index (χ2v) is 12.3. The van der Waals surface area contributed by atoms with Crippen LogP contribution in [0, 0.1) is 0 Å². The second-order valence-electron chi connectivity index (χ2n) is 10.0. The molecule has 4 N–H and O–H groups in total. The van der Waals surface area contributed by atoms with Crippen molar-refractivity contribution in [1.82, 2.24) is 9.62 Å². The summed E-state index contributed by atoms with van der Waals surface area (Å²) in [5.41, 5.74) is 5.52. The molecule has 3 aromatic carbocycles. The number of nitrogens with one attached hydrogen (secondary N) is 2. The number of hydrogen-bond acceptors (Lipinski definition) is 6. The molecule has 45 heavy (non-hydrogen) atoms. The minimum atomic E-state index is -4.43. The minimum absolute atomic E-state index is 0.0000363. The van der Waals surface area contributed by atoms with Gasteiger partial charge in [-0.3, -0.25) is 9.59 Å². The first kappa shape index (κ1) is 33.6. The van der Waals surface area contributed by atoms with Crippen LogP contribution in [0.3, 0.4) is 0 Å². The molecule has 1 aromatic heterocycles. The number of benzene rings is 3. The number of hydrogen-bond donors (Lipinski definition) is 3. The van der Waals surface area contributed by atoms with Crippen LogP contribution in [0.2, 0.25) is 5.02 Å². The molecule has 0 saturated carbocycles. The fourth-order valence-electron chi connectivity index (χ4n) is 4.45. The van der Waals surface area contributed by atoms with Crippen LogP contribution in [0.15, 0.2) is 101 Å². The summed E-state index contributed by atoms with van der Waals surface area (Å²) >= 11 is 5.82. The number of rotatable bonds is 8. The molecule has 238 valence electrons. The number of sulfonamides is 1. The third-order valence-electron chi connectivity index (χ3n) is 6.83. The first-order chi connectivity index (χ1) is 21.3. The summed E-state index contributed by atoms with van der Waals surface area (Å²) in [6.07, 6.45) is -3.60. The summed E-state index contributed by atoms with van der Waals surface area (Å²) in [5.74, 6) is -0.463. The largest absolute Gasteiger partial charge is 0.446 e. The monoisotopic (exact) mass is 662 g/mol. The third kappa shape index (κ3) is 9.33. The molecule has 0 radical (unpaired) electrons.